The van der Waals surface area contributed by atoms with Gasteiger partial charge in [-0.15, -0.1) is 11.3 Å². The van der Waals surface area contributed by atoms with Crippen molar-refractivity contribution >= 4 is 85.2 Å². The van der Waals surface area contributed by atoms with Gasteiger partial charge in [-0.3, -0.25) is 0 Å². The molecule has 2 aromatic heterocycles. The molecule has 0 unspecified atom stereocenters. The Kier molecular flexibility index (Phi) is 4.70. The molecule has 1 nitrogen and oxygen atoms in total. The molecule has 0 saturated heterocycles. The van der Waals surface area contributed by atoms with Crippen molar-refractivity contribution in [3.05, 3.63) is 112 Å². The van der Waals surface area contributed by atoms with Gasteiger partial charge in [0.15, 0.2) is 0 Å². The van der Waals surface area contributed by atoms with Gasteiger partial charge >= 0.3 is 0 Å². The molecular weight excluding hydrogens is 566 g/mol. The minimum Gasteiger partial charge on any atom is -0.309 e. The third-order valence-corrected chi connectivity index (χ3v) is 8.60. The first-order valence-electron chi connectivity index (χ1n) is 11.1. The topological polar surface area (TPSA) is 4.93 Å². The largest absolute Gasteiger partial charge is 0.309 e. The molecule has 7 rings (SSSR count). The summed E-state index contributed by atoms with van der Waals surface area (Å²) in [7, 11) is 0. The zero-order valence-corrected chi connectivity index (χ0v) is 21.9. The lowest BCUT2D eigenvalue weighted by molar-refractivity contribution is 1.18. The number of hydrogen-bond donors (Lipinski definition) is 0. The highest BCUT2D eigenvalue weighted by molar-refractivity contribution is 9.11. The molecule has 0 bridgehead atoms. The van der Waals surface area contributed by atoms with Crippen LogP contribution < -0.4 is 0 Å². The maximum absolute atomic E-state index is 3.65. The minimum atomic E-state index is 1.07. The summed E-state index contributed by atoms with van der Waals surface area (Å²) in [6, 6.07) is 37.3. The summed E-state index contributed by atoms with van der Waals surface area (Å²) in [5, 5.41) is 5.27. The van der Waals surface area contributed by atoms with Crippen LogP contribution in [0.3, 0.4) is 0 Å². The maximum Gasteiger partial charge on any atom is 0.0555 e. The van der Waals surface area contributed by atoms with Crippen molar-refractivity contribution < 1.29 is 0 Å². The first-order valence-corrected chi connectivity index (χ1v) is 13.5. The summed E-state index contributed by atoms with van der Waals surface area (Å²) < 4.78 is 7.21. The smallest absolute Gasteiger partial charge is 0.0555 e. The average molecular weight is 583 g/mol. The predicted molar refractivity (Wildman–Crippen MR) is 155 cm³/mol. The molecule has 0 radical (unpaired) electrons. The third-order valence-electron chi connectivity index (χ3n) is 6.48. The number of rotatable bonds is 2. The van der Waals surface area contributed by atoms with Gasteiger partial charge in [0, 0.05) is 45.6 Å². The highest BCUT2D eigenvalue weighted by Gasteiger charge is 2.18. The first kappa shape index (κ1) is 20.5. The van der Waals surface area contributed by atoms with E-state index in [1.807, 2.05) is 11.3 Å². The molecule has 0 atom stereocenters. The van der Waals surface area contributed by atoms with Crippen LogP contribution >= 0.6 is 43.2 Å². The fourth-order valence-electron chi connectivity index (χ4n) is 5.04. The molecule has 0 aliphatic heterocycles. The fourth-order valence-corrected chi connectivity index (χ4v) is 7.59. The number of nitrogens with zero attached hydrogens (tertiary/aromatic N) is 1. The van der Waals surface area contributed by atoms with Gasteiger partial charge in [-0.05, 0) is 65.7 Å². The molecule has 0 aliphatic rings. The molecule has 7 aromatic rings. The van der Waals surface area contributed by atoms with Crippen LogP contribution in [-0.4, -0.2) is 4.57 Å². The van der Waals surface area contributed by atoms with Gasteiger partial charge < -0.3 is 4.57 Å². The SMILES string of the molecule is Brc1cc(Br)cc(-c2ccc3c(c2)c2c4sc5ccccc5c4ccc2n3-c2ccccc2)c1. The average Bonchev–Trinajstić information content (AvgIpc) is 3.39. The Morgan fingerprint density at radius 3 is 2.12 bits per heavy atom. The fraction of sp³-hybridized carbons (Fsp3) is 0. The van der Waals surface area contributed by atoms with E-state index in [4.69, 9.17) is 0 Å². The molecule has 162 valence electrons. The zero-order chi connectivity index (χ0) is 22.8. The number of thiophene rings is 1. The number of benzene rings is 5. The van der Waals surface area contributed by atoms with E-state index in [-0.39, 0.29) is 0 Å². The zero-order valence-electron chi connectivity index (χ0n) is 17.9. The summed E-state index contributed by atoms with van der Waals surface area (Å²) in [5.74, 6) is 0. The first-order chi connectivity index (χ1) is 16.7. The van der Waals surface area contributed by atoms with Crippen molar-refractivity contribution in [2.24, 2.45) is 0 Å². The molecule has 0 fully saturated rings. The van der Waals surface area contributed by atoms with Crippen molar-refractivity contribution in [2.45, 2.75) is 0 Å². The van der Waals surface area contributed by atoms with E-state index >= 15 is 0 Å². The summed E-state index contributed by atoms with van der Waals surface area (Å²) in [4.78, 5) is 0. The summed E-state index contributed by atoms with van der Waals surface area (Å²) >= 11 is 9.20. The van der Waals surface area contributed by atoms with E-state index in [0.717, 1.165) is 8.95 Å². The molecule has 34 heavy (non-hydrogen) atoms. The van der Waals surface area contributed by atoms with Gasteiger partial charge in [0.1, 0.15) is 0 Å². The van der Waals surface area contributed by atoms with E-state index in [2.05, 4.69) is 140 Å². The monoisotopic (exact) mass is 581 g/mol. The van der Waals surface area contributed by atoms with Crippen LogP contribution in [0.5, 0.6) is 0 Å². The van der Waals surface area contributed by atoms with Crippen LogP contribution in [0.2, 0.25) is 0 Å². The van der Waals surface area contributed by atoms with Crippen molar-refractivity contribution in [1.29, 1.82) is 0 Å². The van der Waals surface area contributed by atoms with Crippen molar-refractivity contribution in [1.82, 2.24) is 4.57 Å². The van der Waals surface area contributed by atoms with Gasteiger partial charge in [0.2, 0.25) is 0 Å². The third kappa shape index (κ3) is 3.09. The van der Waals surface area contributed by atoms with Crippen LogP contribution in [0.15, 0.2) is 112 Å². The Morgan fingerprint density at radius 1 is 0.559 bits per heavy atom. The van der Waals surface area contributed by atoms with E-state index in [0.29, 0.717) is 0 Å². The van der Waals surface area contributed by atoms with Crippen molar-refractivity contribution in [3.8, 4) is 16.8 Å². The highest BCUT2D eigenvalue weighted by atomic mass is 79.9. The van der Waals surface area contributed by atoms with Gasteiger partial charge in [0.05, 0.1) is 11.0 Å². The lowest BCUT2D eigenvalue weighted by atomic mass is 10.0. The van der Waals surface area contributed by atoms with Gasteiger partial charge in [0.25, 0.3) is 0 Å². The maximum atomic E-state index is 3.65. The second kappa shape index (κ2) is 7.81. The molecule has 0 spiro atoms. The van der Waals surface area contributed by atoms with E-state index < -0.39 is 0 Å². The van der Waals surface area contributed by atoms with Crippen LogP contribution in [0.1, 0.15) is 0 Å². The number of para-hydroxylation sites is 1. The van der Waals surface area contributed by atoms with E-state index in [1.54, 1.807) is 0 Å². The van der Waals surface area contributed by atoms with Crippen LogP contribution in [0, 0.1) is 0 Å². The number of halogens is 2. The van der Waals surface area contributed by atoms with E-state index in [1.165, 1.54) is 58.8 Å². The highest BCUT2D eigenvalue weighted by Crippen LogP contribution is 2.44. The van der Waals surface area contributed by atoms with Crippen LogP contribution in [0.4, 0.5) is 0 Å². The van der Waals surface area contributed by atoms with Crippen molar-refractivity contribution in [2.75, 3.05) is 0 Å². The van der Waals surface area contributed by atoms with E-state index in [9.17, 15) is 0 Å². The van der Waals surface area contributed by atoms with Crippen LogP contribution in [-0.2, 0) is 0 Å². The Morgan fingerprint density at radius 2 is 1.29 bits per heavy atom. The Hall–Kier alpha value is -2.92. The second-order valence-corrected chi connectivity index (χ2v) is 11.4. The molecule has 0 N–H and O–H groups in total. The lowest BCUT2D eigenvalue weighted by Gasteiger charge is -2.08. The van der Waals surface area contributed by atoms with Crippen molar-refractivity contribution in [3.63, 3.8) is 0 Å². The van der Waals surface area contributed by atoms with Gasteiger partial charge in [-0.2, -0.15) is 0 Å². The Bertz CT molecular complexity index is 1860. The van der Waals surface area contributed by atoms with Gasteiger partial charge in [-0.1, -0.05) is 80.4 Å². The Labute approximate surface area is 217 Å². The molecule has 0 amide bonds. The summed E-state index contributed by atoms with van der Waals surface area (Å²) in [6.45, 7) is 0. The molecule has 4 heteroatoms. The molecule has 0 saturated carbocycles. The predicted octanol–water partition coefficient (Wildman–Crippen LogP) is 10.3. The number of hydrogen-bond acceptors (Lipinski definition) is 1. The summed E-state index contributed by atoms with van der Waals surface area (Å²) in [5.41, 5.74) is 6.05. The number of fused-ring (bicyclic) bond motifs is 7. The molecular formula is C30H17Br2NS. The van der Waals surface area contributed by atoms with Crippen LogP contribution in [0.25, 0.3) is 58.8 Å². The quantitative estimate of drug-likeness (QED) is 0.191. The number of aromatic nitrogens is 1. The van der Waals surface area contributed by atoms with Gasteiger partial charge in [-0.25, -0.2) is 0 Å². The standard InChI is InChI=1S/C30H17Br2NS/c31-20-14-19(15-21(32)17-20)18-10-12-26-25(16-18)29-27(33(26)22-6-2-1-3-7-22)13-11-24-23-8-4-5-9-28(23)34-30(24)29/h1-17H. The Balaban J connectivity index is 1.65. The molecule has 0 aliphatic carbocycles. The molecule has 2 heterocycles. The normalized spacial score (nSPS) is 11.8. The second-order valence-electron chi connectivity index (χ2n) is 8.50. The summed E-state index contributed by atoms with van der Waals surface area (Å²) in [6.07, 6.45) is 0. The lowest BCUT2D eigenvalue weighted by Crippen LogP contribution is -1.92. The molecule has 5 aromatic carbocycles. The minimum absolute atomic E-state index is 1.07.